The van der Waals surface area contributed by atoms with E-state index in [1.807, 2.05) is 10.8 Å². The van der Waals surface area contributed by atoms with E-state index in [4.69, 9.17) is 0 Å². The molecule has 8 heteroatoms. The molecule has 0 radical (unpaired) electrons. The smallest absolute Gasteiger partial charge is 0.228 e. The van der Waals surface area contributed by atoms with Gasteiger partial charge in [-0.2, -0.15) is 0 Å². The Kier molecular flexibility index (Phi) is 5.48. The van der Waals surface area contributed by atoms with Gasteiger partial charge in [0.05, 0.1) is 12.9 Å². The summed E-state index contributed by atoms with van der Waals surface area (Å²) < 4.78 is 4.25. The standard InChI is InChI=1S/C20H31N7O/c1-3-27-17(14-25-13-10-22-15-25)23-24-18(27)16-4-11-26(12-5-16)19(28)20(2)6-8-21-9-7-20/h10,13,15-16,21H,3-9,11-12,14H2,1-2H3. The van der Waals surface area contributed by atoms with Crippen molar-refractivity contribution in [1.29, 1.82) is 0 Å². The van der Waals surface area contributed by atoms with Crippen molar-refractivity contribution in [3.05, 3.63) is 30.4 Å². The van der Waals surface area contributed by atoms with E-state index in [-0.39, 0.29) is 5.41 Å². The van der Waals surface area contributed by atoms with Crippen molar-refractivity contribution in [2.75, 3.05) is 26.2 Å². The lowest BCUT2D eigenvalue weighted by molar-refractivity contribution is -0.143. The van der Waals surface area contributed by atoms with Crippen LogP contribution in [0.3, 0.4) is 0 Å². The van der Waals surface area contributed by atoms with Crippen molar-refractivity contribution in [3.8, 4) is 0 Å². The second-order valence-electron chi connectivity index (χ2n) is 8.33. The van der Waals surface area contributed by atoms with Crippen LogP contribution in [-0.4, -0.2) is 61.3 Å². The Morgan fingerprint density at radius 1 is 1.25 bits per heavy atom. The lowest BCUT2D eigenvalue weighted by atomic mass is 9.79. The van der Waals surface area contributed by atoms with Gasteiger partial charge >= 0.3 is 0 Å². The number of carbonyl (C=O) groups is 1. The molecule has 0 atom stereocenters. The first-order valence-electron chi connectivity index (χ1n) is 10.5. The minimum atomic E-state index is -0.195. The number of piperidine rings is 2. The maximum atomic E-state index is 13.1. The van der Waals surface area contributed by atoms with E-state index in [1.165, 1.54) is 0 Å². The number of rotatable bonds is 5. The molecule has 2 aliphatic rings. The maximum Gasteiger partial charge on any atom is 0.228 e. The molecule has 0 aliphatic carbocycles. The van der Waals surface area contributed by atoms with Gasteiger partial charge in [-0.15, -0.1) is 10.2 Å². The first kappa shape index (κ1) is 19.1. The summed E-state index contributed by atoms with van der Waals surface area (Å²) in [6.07, 6.45) is 9.33. The Bertz CT molecular complexity index is 784. The lowest BCUT2D eigenvalue weighted by Gasteiger charge is -2.40. The first-order chi connectivity index (χ1) is 13.6. The van der Waals surface area contributed by atoms with Gasteiger partial charge in [-0.05, 0) is 45.7 Å². The predicted molar refractivity (Wildman–Crippen MR) is 106 cm³/mol. The van der Waals surface area contributed by atoms with Crippen molar-refractivity contribution in [3.63, 3.8) is 0 Å². The monoisotopic (exact) mass is 385 g/mol. The number of nitrogens with one attached hydrogen (secondary N) is 1. The van der Waals surface area contributed by atoms with Crippen LogP contribution < -0.4 is 5.32 Å². The number of nitrogens with zero attached hydrogens (tertiary/aromatic N) is 6. The summed E-state index contributed by atoms with van der Waals surface area (Å²) in [5.74, 6) is 2.74. The van der Waals surface area contributed by atoms with Crippen LogP contribution in [-0.2, 0) is 17.9 Å². The molecule has 0 unspecified atom stereocenters. The molecule has 1 amide bonds. The first-order valence-corrected chi connectivity index (χ1v) is 10.5. The third-order valence-corrected chi connectivity index (χ3v) is 6.43. The van der Waals surface area contributed by atoms with Gasteiger partial charge in [0.25, 0.3) is 0 Å². The normalized spacial score (nSPS) is 20.4. The number of aromatic nitrogens is 5. The number of hydrogen-bond acceptors (Lipinski definition) is 5. The molecule has 1 N–H and O–H groups in total. The molecule has 0 bridgehead atoms. The Hall–Kier alpha value is -2.22. The van der Waals surface area contributed by atoms with E-state index in [9.17, 15) is 4.79 Å². The second-order valence-corrected chi connectivity index (χ2v) is 8.33. The summed E-state index contributed by atoms with van der Waals surface area (Å²) in [4.78, 5) is 19.3. The number of imidazole rings is 1. The Morgan fingerprint density at radius 3 is 2.64 bits per heavy atom. The lowest BCUT2D eigenvalue weighted by Crippen LogP contribution is -2.49. The van der Waals surface area contributed by atoms with E-state index in [0.29, 0.717) is 18.4 Å². The minimum Gasteiger partial charge on any atom is -0.342 e. The van der Waals surface area contributed by atoms with E-state index in [1.54, 1.807) is 12.5 Å². The zero-order chi connectivity index (χ0) is 19.6. The quantitative estimate of drug-likeness (QED) is 0.846. The topological polar surface area (TPSA) is 80.9 Å². The summed E-state index contributed by atoms with van der Waals surface area (Å²) in [5, 5.41) is 12.3. The summed E-state index contributed by atoms with van der Waals surface area (Å²) in [7, 11) is 0. The van der Waals surface area contributed by atoms with Crippen LogP contribution in [0.25, 0.3) is 0 Å². The molecule has 2 aromatic heterocycles. The highest BCUT2D eigenvalue weighted by atomic mass is 16.2. The molecule has 2 saturated heterocycles. The van der Waals surface area contributed by atoms with Gasteiger partial charge in [-0.25, -0.2) is 4.98 Å². The number of hydrogen-bond donors (Lipinski definition) is 1. The van der Waals surface area contributed by atoms with Crippen LogP contribution in [0.5, 0.6) is 0 Å². The fraction of sp³-hybridized carbons (Fsp3) is 0.700. The second kappa shape index (κ2) is 8.03. The van der Waals surface area contributed by atoms with Crippen LogP contribution in [0.4, 0.5) is 0 Å². The van der Waals surface area contributed by atoms with Crippen molar-refractivity contribution >= 4 is 5.91 Å². The molecule has 4 rings (SSSR count). The molecule has 2 fully saturated rings. The van der Waals surface area contributed by atoms with Crippen molar-refractivity contribution in [2.45, 2.75) is 58.5 Å². The Labute approximate surface area is 166 Å². The highest BCUT2D eigenvalue weighted by molar-refractivity contribution is 5.82. The van der Waals surface area contributed by atoms with Gasteiger partial charge in [-0.1, -0.05) is 6.92 Å². The molecule has 8 nitrogen and oxygen atoms in total. The fourth-order valence-electron chi connectivity index (χ4n) is 4.57. The average molecular weight is 386 g/mol. The fourth-order valence-corrected chi connectivity index (χ4v) is 4.57. The van der Waals surface area contributed by atoms with Gasteiger partial charge in [0.1, 0.15) is 5.82 Å². The average Bonchev–Trinajstić information content (AvgIpc) is 3.38. The van der Waals surface area contributed by atoms with Gasteiger partial charge < -0.3 is 19.4 Å². The van der Waals surface area contributed by atoms with Crippen LogP contribution in [0.15, 0.2) is 18.7 Å². The van der Waals surface area contributed by atoms with Crippen molar-refractivity contribution in [1.82, 2.24) is 34.5 Å². The molecular formula is C20H31N7O. The van der Waals surface area contributed by atoms with E-state index in [0.717, 1.165) is 70.1 Å². The van der Waals surface area contributed by atoms with Gasteiger partial charge in [0, 0.05) is 43.4 Å². The van der Waals surface area contributed by atoms with E-state index >= 15 is 0 Å². The molecule has 2 aliphatic heterocycles. The minimum absolute atomic E-state index is 0.195. The SMILES string of the molecule is CCn1c(Cn2ccnc2)nnc1C1CCN(C(=O)C2(C)CCNCC2)CC1. The third kappa shape index (κ3) is 3.70. The zero-order valence-corrected chi connectivity index (χ0v) is 17.0. The molecule has 2 aromatic rings. The summed E-state index contributed by atoms with van der Waals surface area (Å²) in [6.45, 7) is 9.34. The van der Waals surface area contributed by atoms with Crippen LogP contribution in [0.2, 0.25) is 0 Å². The summed E-state index contributed by atoms with van der Waals surface area (Å²) >= 11 is 0. The number of amides is 1. The molecular weight excluding hydrogens is 354 g/mol. The maximum absolute atomic E-state index is 13.1. The Balaban J connectivity index is 1.41. The summed E-state index contributed by atoms with van der Waals surface area (Å²) in [6, 6.07) is 0. The van der Waals surface area contributed by atoms with Gasteiger partial charge in [-0.3, -0.25) is 4.79 Å². The third-order valence-electron chi connectivity index (χ3n) is 6.43. The van der Waals surface area contributed by atoms with Crippen LogP contribution in [0, 0.1) is 5.41 Å². The van der Waals surface area contributed by atoms with Crippen LogP contribution >= 0.6 is 0 Å². The Morgan fingerprint density at radius 2 is 2.00 bits per heavy atom. The molecule has 28 heavy (non-hydrogen) atoms. The zero-order valence-electron chi connectivity index (χ0n) is 17.0. The van der Waals surface area contributed by atoms with E-state index in [2.05, 4.69) is 43.8 Å². The molecule has 4 heterocycles. The number of likely N-dealkylation sites (tertiary alicyclic amines) is 1. The van der Waals surface area contributed by atoms with Crippen molar-refractivity contribution < 1.29 is 4.79 Å². The highest BCUT2D eigenvalue weighted by Crippen LogP contribution is 2.34. The largest absolute Gasteiger partial charge is 0.342 e. The predicted octanol–water partition coefficient (Wildman–Crippen LogP) is 1.64. The number of carbonyl (C=O) groups excluding carboxylic acids is 1. The van der Waals surface area contributed by atoms with Gasteiger partial charge in [0.2, 0.25) is 5.91 Å². The molecule has 0 aromatic carbocycles. The highest BCUT2D eigenvalue weighted by Gasteiger charge is 2.39. The molecule has 0 saturated carbocycles. The summed E-state index contributed by atoms with van der Waals surface area (Å²) in [5.41, 5.74) is -0.195. The van der Waals surface area contributed by atoms with E-state index < -0.39 is 0 Å². The van der Waals surface area contributed by atoms with Crippen molar-refractivity contribution in [2.24, 2.45) is 5.41 Å². The van der Waals surface area contributed by atoms with Crippen LogP contribution in [0.1, 0.15) is 57.1 Å². The van der Waals surface area contributed by atoms with Gasteiger partial charge in [0.15, 0.2) is 5.82 Å². The molecule has 0 spiro atoms. The molecule has 152 valence electrons.